The van der Waals surface area contributed by atoms with Gasteiger partial charge in [0.1, 0.15) is 0 Å². The van der Waals surface area contributed by atoms with Gasteiger partial charge in [-0.15, -0.1) is 0 Å². The van der Waals surface area contributed by atoms with Crippen LogP contribution in [0.2, 0.25) is 0 Å². The second-order valence-electron chi connectivity index (χ2n) is 7.16. The lowest BCUT2D eigenvalue weighted by Crippen LogP contribution is -2.41. The number of nitrogens with one attached hydrogen (secondary N) is 3. The molecule has 5 nitrogen and oxygen atoms in total. The van der Waals surface area contributed by atoms with E-state index in [0.29, 0.717) is 12.3 Å². The summed E-state index contributed by atoms with van der Waals surface area (Å²) >= 11 is 0. The van der Waals surface area contributed by atoms with Gasteiger partial charge in [0.2, 0.25) is 5.91 Å². The quantitative estimate of drug-likeness (QED) is 0.320. The normalized spacial score (nSPS) is 16.0. The molecule has 0 bridgehead atoms. The van der Waals surface area contributed by atoms with Crippen LogP contribution in [-0.2, 0) is 11.2 Å². The molecule has 0 aromatic carbocycles. The Hall–Kier alpha value is -2.69. The van der Waals surface area contributed by atoms with E-state index < -0.39 is 0 Å². The largest absolute Gasteiger partial charge is 0.397 e. The van der Waals surface area contributed by atoms with E-state index >= 15 is 0 Å². The van der Waals surface area contributed by atoms with Gasteiger partial charge in [-0.2, -0.15) is 0 Å². The summed E-state index contributed by atoms with van der Waals surface area (Å²) in [7, 11) is 0. The van der Waals surface area contributed by atoms with Crippen LogP contribution in [0.15, 0.2) is 43.3 Å². The minimum Gasteiger partial charge on any atom is -0.397 e. The topological polar surface area (TPSA) is 82.9 Å². The maximum absolute atomic E-state index is 11.9. The number of fused-ring (bicyclic) bond motifs is 1. The van der Waals surface area contributed by atoms with Gasteiger partial charge < -0.3 is 21.4 Å². The second-order valence-corrected chi connectivity index (χ2v) is 7.16. The maximum atomic E-state index is 11.9. The molecule has 0 aliphatic heterocycles. The molecule has 5 heteroatoms. The molecule has 1 amide bonds. The molecule has 1 aromatic rings. The number of carbonyl (C=O) groups is 1. The Morgan fingerprint density at radius 1 is 1.41 bits per heavy atom. The van der Waals surface area contributed by atoms with Crippen LogP contribution in [0.4, 0.5) is 0 Å². The van der Waals surface area contributed by atoms with Gasteiger partial charge >= 0.3 is 0 Å². The highest BCUT2D eigenvalue weighted by Crippen LogP contribution is 2.27. The first-order valence-electron chi connectivity index (χ1n) is 9.64. The summed E-state index contributed by atoms with van der Waals surface area (Å²) in [5, 5.41) is 6.13. The van der Waals surface area contributed by atoms with Gasteiger partial charge in [-0.1, -0.05) is 45.1 Å². The van der Waals surface area contributed by atoms with Crippen LogP contribution in [0.3, 0.4) is 0 Å². The van der Waals surface area contributed by atoms with Crippen molar-refractivity contribution in [3.8, 4) is 0 Å². The molecular formula is C22H32N4O. The first-order chi connectivity index (χ1) is 12.9. The highest BCUT2D eigenvalue weighted by atomic mass is 16.1. The number of H-pyrrole nitrogens is 1. The van der Waals surface area contributed by atoms with Crippen molar-refractivity contribution < 1.29 is 4.79 Å². The maximum Gasteiger partial charge on any atom is 0.221 e. The van der Waals surface area contributed by atoms with Crippen LogP contribution in [0.1, 0.15) is 56.9 Å². The lowest BCUT2D eigenvalue weighted by molar-refractivity contribution is -0.122. The molecule has 0 saturated heterocycles. The lowest BCUT2D eigenvalue weighted by atomic mass is 9.98. The number of allylic oxidation sites excluding steroid dienone is 5. The summed E-state index contributed by atoms with van der Waals surface area (Å²) in [4.78, 5) is 15.2. The third-order valence-electron chi connectivity index (χ3n) is 4.82. The third-order valence-corrected chi connectivity index (χ3v) is 4.82. The number of hydrogen-bond acceptors (Lipinski definition) is 3. The Morgan fingerprint density at radius 3 is 2.93 bits per heavy atom. The van der Waals surface area contributed by atoms with Crippen molar-refractivity contribution >= 4 is 17.2 Å². The molecule has 1 aromatic heterocycles. The molecule has 5 N–H and O–H groups in total. The van der Waals surface area contributed by atoms with Crippen LogP contribution < -0.4 is 16.4 Å². The Morgan fingerprint density at radius 2 is 2.19 bits per heavy atom. The summed E-state index contributed by atoms with van der Waals surface area (Å²) < 4.78 is 0. The third kappa shape index (κ3) is 5.91. The van der Waals surface area contributed by atoms with E-state index in [4.69, 9.17) is 5.73 Å². The zero-order chi connectivity index (χ0) is 19.8. The number of nitrogens with two attached hydrogens (primary N) is 1. The van der Waals surface area contributed by atoms with Crippen molar-refractivity contribution in [2.75, 3.05) is 0 Å². The van der Waals surface area contributed by atoms with Gasteiger partial charge in [0, 0.05) is 18.2 Å². The predicted octanol–water partition coefficient (Wildman–Crippen LogP) is 3.83. The molecule has 146 valence electrons. The number of carbonyl (C=O) groups excluding carboxylic acids is 1. The molecule has 0 spiro atoms. The van der Waals surface area contributed by atoms with Crippen LogP contribution in [0.5, 0.6) is 0 Å². The van der Waals surface area contributed by atoms with E-state index in [9.17, 15) is 4.79 Å². The molecule has 0 radical (unpaired) electrons. The summed E-state index contributed by atoms with van der Waals surface area (Å²) in [6, 6.07) is 0. The van der Waals surface area contributed by atoms with Gasteiger partial charge in [0.15, 0.2) is 0 Å². The molecule has 0 fully saturated rings. The van der Waals surface area contributed by atoms with E-state index in [1.54, 1.807) is 0 Å². The Kier molecular flexibility index (Phi) is 7.53. The number of aromatic nitrogens is 1. The second kappa shape index (κ2) is 9.86. The number of hydrogen-bond donors (Lipinski definition) is 4. The van der Waals surface area contributed by atoms with Crippen LogP contribution in [-0.4, -0.2) is 17.1 Å². The monoisotopic (exact) mass is 368 g/mol. The van der Waals surface area contributed by atoms with E-state index in [1.807, 2.05) is 31.5 Å². The summed E-state index contributed by atoms with van der Waals surface area (Å²) in [6.07, 6.45) is 15.1. The highest BCUT2D eigenvalue weighted by molar-refractivity contribution is 5.79. The van der Waals surface area contributed by atoms with Crippen molar-refractivity contribution in [1.82, 2.24) is 15.6 Å². The molecule has 2 atom stereocenters. The van der Waals surface area contributed by atoms with Crippen molar-refractivity contribution in [2.24, 2.45) is 11.7 Å². The highest BCUT2D eigenvalue weighted by Gasteiger charge is 2.14. The zero-order valence-electron chi connectivity index (χ0n) is 16.6. The number of aromatic amines is 1. The van der Waals surface area contributed by atoms with Crippen molar-refractivity contribution in [3.63, 3.8) is 0 Å². The first-order valence-corrected chi connectivity index (χ1v) is 9.64. The average Bonchev–Trinajstić information content (AvgIpc) is 3.02. The Bertz CT molecular complexity index is 754. The summed E-state index contributed by atoms with van der Waals surface area (Å²) in [5.41, 5.74) is 11.0. The van der Waals surface area contributed by atoms with Crippen LogP contribution >= 0.6 is 0 Å². The molecule has 27 heavy (non-hydrogen) atoms. The molecule has 1 aliphatic carbocycles. The van der Waals surface area contributed by atoms with Gasteiger partial charge in [0.25, 0.3) is 0 Å². The van der Waals surface area contributed by atoms with Gasteiger partial charge in [0.05, 0.1) is 17.6 Å². The molecule has 1 aliphatic rings. The van der Waals surface area contributed by atoms with Crippen molar-refractivity contribution in [1.29, 1.82) is 0 Å². The molecule has 0 saturated carbocycles. The minimum atomic E-state index is -0.140. The fourth-order valence-corrected chi connectivity index (χ4v) is 2.99. The van der Waals surface area contributed by atoms with Gasteiger partial charge in [-0.3, -0.25) is 4.79 Å². The fourth-order valence-electron chi connectivity index (χ4n) is 2.99. The molecular weight excluding hydrogens is 336 g/mol. The Labute approximate surface area is 162 Å². The minimum absolute atomic E-state index is 0.0673. The molecule has 2 rings (SSSR count). The van der Waals surface area contributed by atoms with Gasteiger partial charge in [-0.25, -0.2) is 0 Å². The number of amides is 1. The van der Waals surface area contributed by atoms with E-state index in [0.717, 1.165) is 47.4 Å². The lowest BCUT2D eigenvalue weighted by Gasteiger charge is -2.16. The van der Waals surface area contributed by atoms with Gasteiger partial charge in [-0.05, 0) is 49.1 Å². The summed E-state index contributed by atoms with van der Waals surface area (Å²) in [6.45, 7) is 10.3. The Balaban J connectivity index is 1.95. The standard InChI is InChI=1S/C22H32N4O/c1-5-15(2)13-21(27)26-17(4)24-12-11-16(3)19-14-25-22-18(19)9-7-6-8-10-20(22)23/h6-7,10-12,14-15,17,24-25H,3,5,8-9,13,23H2,1-2,4H3,(H,26,27)/b7-6?,12-11-,20-10?. The SMILES string of the molecule is C=C(/C=C\NC(C)NC(=O)CC(C)CC)c1c[nH]c2c1CC=CCC=C2N. The van der Waals surface area contributed by atoms with E-state index in [1.165, 1.54) is 0 Å². The number of rotatable bonds is 8. The smallest absolute Gasteiger partial charge is 0.221 e. The molecule has 1 heterocycles. The average molecular weight is 369 g/mol. The fraction of sp³-hybridized carbons (Fsp3) is 0.409. The van der Waals surface area contributed by atoms with Crippen LogP contribution in [0, 0.1) is 5.92 Å². The van der Waals surface area contributed by atoms with Crippen molar-refractivity contribution in [2.45, 2.75) is 52.6 Å². The van der Waals surface area contributed by atoms with E-state index in [-0.39, 0.29) is 12.1 Å². The first kappa shape index (κ1) is 20.6. The predicted molar refractivity (Wildman–Crippen MR) is 113 cm³/mol. The van der Waals surface area contributed by atoms with Crippen molar-refractivity contribution in [3.05, 3.63) is 60.1 Å². The van der Waals surface area contributed by atoms with Crippen LogP contribution in [0.25, 0.3) is 11.3 Å². The zero-order valence-corrected chi connectivity index (χ0v) is 16.6. The molecule has 2 unspecified atom stereocenters. The summed E-state index contributed by atoms with van der Waals surface area (Å²) in [5.74, 6) is 0.466. The van der Waals surface area contributed by atoms with E-state index in [2.05, 4.69) is 48.2 Å².